The summed E-state index contributed by atoms with van der Waals surface area (Å²) >= 11 is 3.23. The minimum atomic E-state index is -0.211. The molecule has 2 N–H and O–H groups in total. The van der Waals surface area contributed by atoms with Gasteiger partial charge in [-0.2, -0.15) is 5.10 Å². The summed E-state index contributed by atoms with van der Waals surface area (Å²) in [4.78, 5) is 11.2. The summed E-state index contributed by atoms with van der Waals surface area (Å²) < 4.78 is 0.508. The van der Waals surface area contributed by atoms with Gasteiger partial charge < -0.3 is 5.32 Å². The van der Waals surface area contributed by atoms with Crippen molar-refractivity contribution in [3.63, 3.8) is 0 Å². The summed E-state index contributed by atoms with van der Waals surface area (Å²) in [6.45, 7) is 6.43. The van der Waals surface area contributed by atoms with Crippen LogP contribution in [-0.2, 0) is 0 Å². The van der Waals surface area contributed by atoms with Crippen LogP contribution in [-0.4, -0.2) is 16.2 Å². The number of hydrogen-bond acceptors (Lipinski definition) is 3. The van der Waals surface area contributed by atoms with Crippen LogP contribution in [0.15, 0.2) is 15.5 Å². The Kier molecular flexibility index (Phi) is 4.32. The van der Waals surface area contributed by atoms with Crippen molar-refractivity contribution in [1.29, 1.82) is 0 Å². The molecule has 15 heavy (non-hydrogen) atoms. The van der Waals surface area contributed by atoms with Gasteiger partial charge in [-0.25, -0.2) is 5.10 Å². The third kappa shape index (κ3) is 3.66. The lowest BCUT2D eigenvalue weighted by Crippen LogP contribution is -2.20. The molecule has 0 bridgehead atoms. The second-order valence-electron chi connectivity index (χ2n) is 4.10. The number of rotatable bonds is 4. The molecule has 84 valence electrons. The molecule has 1 heterocycles. The van der Waals surface area contributed by atoms with Crippen LogP contribution in [0.25, 0.3) is 0 Å². The van der Waals surface area contributed by atoms with E-state index in [4.69, 9.17) is 0 Å². The van der Waals surface area contributed by atoms with Crippen molar-refractivity contribution in [3.8, 4) is 0 Å². The van der Waals surface area contributed by atoms with Crippen molar-refractivity contribution >= 4 is 21.6 Å². The molecule has 0 saturated heterocycles. The van der Waals surface area contributed by atoms with Crippen LogP contribution < -0.4 is 10.9 Å². The number of hydrogen-bond donors (Lipinski definition) is 2. The molecular weight excluding hydrogens is 258 g/mol. The van der Waals surface area contributed by atoms with E-state index in [0.717, 1.165) is 12.1 Å². The molecule has 1 atom stereocenters. The highest BCUT2D eigenvalue weighted by Crippen LogP contribution is 2.18. The van der Waals surface area contributed by atoms with Gasteiger partial charge in [-0.05, 0) is 35.2 Å². The van der Waals surface area contributed by atoms with Gasteiger partial charge in [0.1, 0.15) is 4.47 Å². The third-order valence-electron chi connectivity index (χ3n) is 2.02. The van der Waals surface area contributed by atoms with E-state index in [9.17, 15) is 4.79 Å². The number of anilines is 1. The number of aromatic amines is 1. The van der Waals surface area contributed by atoms with Crippen LogP contribution >= 0.6 is 15.9 Å². The largest absolute Gasteiger partial charge is 0.380 e. The average molecular weight is 274 g/mol. The van der Waals surface area contributed by atoms with Gasteiger partial charge in [0, 0.05) is 6.04 Å². The van der Waals surface area contributed by atoms with E-state index in [2.05, 4.69) is 52.2 Å². The zero-order valence-electron chi connectivity index (χ0n) is 9.17. The molecule has 0 aromatic carbocycles. The van der Waals surface area contributed by atoms with Crippen LogP contribution in [0, 0.1) is 5.92 Å². The number of nitrogens with one attached hydrogen (secondary N) is 2. The minimum Gasteiger partial charge on any atom is -0.380 e. The molecular formula is C10H16BrN3O. The first-order valence-corrected chi connectivity index (χ1v) is 5.79. The van der Waals surface area contributed by atoms with Crippen molar-refractivity contribution < 1.29 is 0 Å². The number of nitrogens with zero attached hydrogens (tertiary/aromatic N) is 1. The molecule has 0 saturated carbocycles. The fourth-order valence-corrected chi connectivity index (χ4v) is 1.82. The SMILES string of the molecule is CC(C)CC(C)Nc1cn[nH]c(=O)c1Br. The highest BCUT2D eigenvalue weighted by Gasteiger charge is 2.09. The molecule has 4 nitrogen and oxygen atoms in total. The number of aromatic nitrogens is 2. The van der Waals surface area contributed by atoms with E-state index < -0.39 is 0 Å². The summed E-state index contributed by atoms with van der Waals surface area (Å²) in [5.74, 6) is 0.626. The molecule has 0 aliphatic heterocycles. The van der Waals surface area contributed by atoms with Gasteiger partial charge in [-0.1, -0.05) is 13.8 Å². The van der Waals surface area contributed by atoms with Gasteiger partial charge in [0.05, 0.1) is 11.9 Å². The molecule has 0 amide bonds. The maximum atomic E-state index is 11.2. The van der Waals surface area contributed by atoms with E-state index >= 15 is 0 Å². The Morgan fingerprint density at radius 2 is 2.20 bits per heavy atom. The lowest BCUT2D eigenvalue weighted by Gasteiger charge is -2.17. The second-order valence-corrected chi connectivity index (χ2v) is 4.89. The van der Waals surface area contributed by atoms with E-state index in [1.54, 1.807) is 6.20 Å². The van der Waals surface area contributed by atoms with Crippen molar-refractivity contribution in [2.24, 2.45) is 5.92 Å². The molecule has 1 unspecified atom stereocenters. The summed E-state index contributed by atoms with van der Waals surface area (Å²) in [5, 5.41) is 9.36. The molecule has 0 fully saturated rings. The van der Waals surface area contributed by atoms with Gasteiger partial charge in [0.25, 0.3) is 5.56 Å². The van der Waals surface area contributed by atoms with E-state index in [0.29, 0.717) is 16.4 Å². The Labute approximate surface area is 97.6 Å². The monoisotopic (exact) mass is 273 g/mol. The predicted octanol–water partition coefficient (Wildman–Crippen LogP) is 2.38. The van der Waals surface area contributed by atoms with Crippen molar-refractivity contribution in [2.75, 3.05) is 5.32 Å². The molecule has 1 aromatic rings. The van der Waals surface area contributed by atoms with E-state index in [1.165, 1.54) is 0 Å². The van der Waals surface area contributed by atoms with Crippen LogP contribution in [0.3, 0.4) is 0 Å². The van der Waals surface area contributed by atoms with Crippen molar-refractivity contribution in [1.82, 2.24) is 10.2 Å². The normalized spacial score (nSPS) is 12.9. The minimum absolute atomic E-state index is 0.211. The molecule has 1 aromatic heterocycles. The summed E-state index contributed by atoms with van der Waals surface area (Å²) in [6.07, 6.45) is 2.67. The van der Waals surface area contributed by atoms with Gasteiger partial charge in [-0.15, -0.1) is 0 Å². The molecule has 5 heteroatoms. The Bertz CT molecular complexity index is 375. The second kappa shape index (κ2) is 5.30. The molecule has 0 radical (unpaired) electrons. The standard InChI is InChI=1S/C10H16BrN3O/c1-6(2)4-7(3)13-8-5-12-14-10(15)9(8)11/h5-7H,4H2,1-3H3,(H2,13,14,15). The number of halogens is 1. The summed E-state index contributed by atoms with van der Waals surface area (Å²) in [7, 11) is 0. The first-order chi connectivity index (χ1) is 7.00. The quantitative estimate of drug-likeness (QED) is 0.886. The predicted molar refractivity (Wildman–Crippen MR) is 65.1 cm³/mol. The molecule has 0 aliphatic carbocycles. The lowest BCUT2D eigenvalue weighted by atomic mass is 10.1. The first kappa shape index (κ1) is 12.2. The molecule has 0 aliphatic rings. The molecule has 1 rings (SSSR count). The maximum absolute atomic E-state index is 11.2. The summed E-state index contributed by atoms with van der Waals surface area (Å²) in [6, 6.07) is 0.324. The van der Waals surface area contributed by atoms with Gasteiger partial charge in [0.2, 0.25) is 0 Å². The van der Waals surface area contributed by atoms with Crippen molar-refractivity contribution in [3.05, 3.63) is 21.0 Å². The first-order valence-electron chi connectivity index (χ1n) is 5.00. The Hall–Kier alpha value is -0.840. The molecule has 0 spiro atoms. The maximum Gasteiger partial charge on any atom is 0.280 e. The topological polar surface area (TPSA) is 57.8 Å². The van der Waals surface area contributed by atoms with Crippen molar-refractivity contribution in [2.45, 2.75) is 33.2 Å². The summed E-state index contributed by atoms with van der Waals surface area (Å²) in [5.41, 5.74) is 0.531. The van der Waals surface area contributed by atoms with Crippen LogP contribution in [0.4, 0.5) is 5.69 Å². The van der Waals surface area contributed by atoms with Gasteiger partial charge in [0.15, 0.2) is 0 Å². The average Bonchev–Trinajstić information content (AvgIpc) is 2.11. The van der Waals surface area contributed by atoms with E-state index in [1.807, 2.05) is 0 Å². The zero-order valence-corrected chi connectivity index (χ0v) is 10.8. The van der Waals surface area contributed by atoms with Crippen LogP contribution in [0.2, 0.25) is 0 Å². The number of H-pyrrole nitrogens is 1. The Morgan fingerprint density at radius 1 is 1.53 bits per heavy atom. The van der Waals surface area contributed by atoms with Gasteiger partial charge in [-0.3, -0.25) is 4.79 Å². The van der Waals surface area contributed by atoms with Gasteiger partial charge >= 0.3 is 0 Å². The Balaban J connectivity index is 2.72. The Morgan fingerprint density at radius 3 is 2.80 bits per heavy atom. The van der Waals surface area contributed by atoms with E-state index in [-0.39, 0.29) is 5.56 Å². The van der Waals surface area contributed by atoms with Crippen LogP contribution in [0.1, 0.15) is 27.2 Å². The highest BCUT2D eigenvalue weighted by atomic mass is 79.9. The zero-order chi connectivity index (χ0) is 11.4. The fourth-order valence-electron chi connectivity index (χ4n) is 1.52. The lowest BCUT2D eigenvalue weighted by molar-refractivity contribution is 0.539. The highest BCUT2D eigenvalue weighted by molar-refractivity contribution is 9.10. The third-order valence-corrected chi connectivity index (χ3v) is 2.81. The fraction of sp³-hybridized carbons (Fsp3) is 0.600. The smallest absolute Gasteiger partial charge is 0.280 e. The van der Waals surface area contributed by atoms with Crippen LogP contribution in [0.5, 0.6) is 0 Å².